The first kappa shape index (κ1) is 13.9. The second-order valence-corrected chi connectivity index (χ2v) is 5.63. The maximum absolute atomic E-state index is 13.1. The second-order valence-electron chi connectivity index (χ2n) is 5.63. The van der Waals surface area contributed by atoms with Gasteiger partial charge in [-0.1, -0.05) is 5.16 Å². The summed E-state index contributed by atoms with van der Waals surface area (Å²) in [6.45, 7) is 3.43. The summed E-state index contributed by atoms with van der Waals surface area (Å²) in [6, 6.07) is 8.27. The van der Waals surface area contributed by atoms with Crippen LogP contribution in [0.2, 0.25) is 0 Å². The Balaban J connectivity index is 1.63. The third kappa shape index (κ3) is 2.56. The average Bonchev–Trinajstić information content (AvgIpc) is 2.99. The van der Waals surface area contributed by atoms with Gasteiger partial charge in [-0.3, -0.25) is 0 Å². The van der Waals surface area contributed by atoms with E-state index in [1.54, 1.807) is 18.5 Å². The summed E-state index contributed by atoms with van der Waals surface area (Å²) >= 11 is 0. The molecule has 0 aliphatic carbocycles. The van der Waals surface area contributed by atoms with Gasteiger partial charge in [0.1, 0.15) is 23.7 Å². The average molecular weight is 310 g/mol. The highest BCUT2D eigenvalue weighted by molar-refractivity contribution is 5.63. The zero-order valence-corrected chi connectivity index (χ0v) is 12.7. The summed E-state index contributed by atoms with van der Waals surface area (Å²) in [5.41, 5.74) is 3.80. The minimum atomic E-state index is -0.257. The first-order valence-corrected chi connectivity index (χ1v) is 7.47. The molecule has 1 aromatic carbocycles. The number of hydrogen-bond donors (Lipinski definition) is 0. The SMILES string of the molecule is Cc1cc(N2CCc3c(noc3-c3ccc(F)cc3)C2)ncn1. The molecule has 0 atom stereocenters. The van der Waals surface area contributed by atoms with Crippen molar-refractivity contribution in [2.45, 2.75) is 19.9 Å². The van der Waals surface area contributed by atoms with Crippen molar-refractivity contribution >= 4 is 5.82 Å². The largest absolute Gasteiger partial charge is 0.356 e. The summed E-state index contributed by atoms with van der Waals surface area (Å²) in [4.78, 5) is 10.6. The van der Waals surface area contributed by atoms with Crippen molar-refractivity contribution in [3.05, 3.63) is 59.4 Å². The first-order valence-electron chi connectivity index (χ1n) is 7.47. The molecule has 0 radical (unpaired) electrons. The van der Waals surface area contributed by atoms with Crippen molar-refractivity contribution < 1.29 is 8.91 Å². The number of rotatable bonds is 2. The molecule has 4 rings (SSSR count). The zero-order chi connectivity index (χ0) is 15.8. The fourth-order valence-electron chi connectivity index (χ4n) is 2.87. The van der Waals surface area contributed by atoms with Crippen LogP contribution in [0.15, 0.2) is 41.2 Å². The topological polar surface area (TPSA) is 55.1 Å². The fraction of sp³-hybridized carbons (Fsp3) is 0.235. The third-order valence-corrected chi connectivity index (χ3v) is 4.06. The third-order valence-electron chi connectivity index (χ3n) is 4.06. The molecule has 5 nitrogen and oxygen atoms in total. The van der Waals surface area contributed by atoms with Gasteiger partial charge in [-0.05, 0) is 37.6 Å². The van der Waals surface area contributed by atoms with Crippen molar-refractivity contribution in [2.24, 2.45) is 0 Å². The standard InChI is InChI=1S/C17H15FN4O/c1-11-8-16(20-10-19-11)22-7-6-14-15(9-22)21-23-17(14)12-2-4-13(18)5-3-12/h2-5,8,10H,6-7,9H2,1H3. The van der Waals surface area contributed by atoms with Gasteiger partial charge in [-0.15, -0.1) is 0 Å². The number of anilines is 1. The van der Waals surface area contributed by atoms with E-state index < -0.39 is 0 Å². The van der Waals surface area contributed by atoms with Gasteiger partial charge in [0, 0.05) is 29.4 Å². The zero-order valence-electron chi connectivity index (χ0n) is 12.7. The van der Waals surface area contributed by atoms with E-state index >= 15 is 0 Å². The minimum Gasteiger partial charge on any atom is -0.356 e. The lowest BCUT2D eigenvalue weighted by molar-refractivity contribution is 0.423. The van der Waals surface area contributed by atoms with E-state index in [1.807, 2.05) is 13.0 Å². The predicted octanol–water partition coefficient (Wildman–Crippen LogP) is 3.14. The predicted molar refractivity (Wildman–Crippen MR) is 83.4 cm³/mol. The molecule has 2 aromatic heterocycles. The van der Waals surface area contributed by atoms with E-state index in [9.17, 15) is 4.39 Å². The van der Waals surface area contributed by atoms with Crippen LogP contribution in [0.3, 0.4) is 0 Å². The molecule has 0 bridgehead atoms. The van der Waals surface area contributed by atoms with Crippen molar-refractivity contribution in [2.75, 3.05) is 11.4 Å². The molecule has 0 saturated heterocycles. The Bertz CT molecular complexity index is 844. The molecule has 0 amide bonds. The smallest absolute Gasteiger partial charge is 0.170 e. The van der Waals surface area contributed by atoms with Crippen molar-refractivity contribution in [3.8, 4) is 11.3 Å². The molecule has 0 spiro atoms. The molecule has 1 aliphatic heterocycles. The maximum atomic E-state index is 13.1. The fourth-order valence-corrected chi connectivity index (χ4v) is 2.87. The van der Waals surface area contributed by atoms with Crippen LogP contribution in [0.5, 0.6) is 0 Å². The molecule has 6 heteroatoms. The number of benzene rings is 1. The van der Waals surface area contributed by atoms with E-state index in [0.29, 0.717) is 6.54 Å². The van der Waals surface area contributed by atoms with Crippen LogP contribution in [0.4, 0.5) is 10.2 Å². The Kier molecular flexibility index (Phi) is 3.29. The summed E-state index contributed by atoms with van der Waals surface area (Å²) in [6.07, 6.45) is 2.39. The first-order chi connectivity index (χ1) is 11.2. The molecule has 3 aromatic rings. The van der Waals surface area contributed by atoms with Crippen LogP contribution in [0.1, 0.15) is 17.0 Å². The van der Waals surface area contributed by atoms with Crippen molar-refractivity contribution in [3.63, 3.8) is 0 Å². The van der Waals surface area contributed by atoms with Crippen LogP contribution in [0, 0.1) is 12.7 Å². The molecular weight excluding hydrogens is 295 g/mol. The van der Waals surface area contributed by atoms with E-state index in [1.165, 1.54) is 12.1 Å². The van der Waals surface area contributed by atoms with Gasteiger partial charge in [0.2, 0.25) is 0 Å². The monoisotopic (exact) mass is 310 g/mol. The molecule has 23 heavy (non-hydrogen) atoms. The highest BCUT2D eigenvalue weighted by Crippen LogP contribution is 2.31. The van der Waals surface area contributed by atoms with E-state index in [-0.39, 0.29) is 5.82 Å². The maximum Gasteiger partial charge on any atom is 0.170 e. The van der Waals surface area contributed by atoms with E-state index in [0.717, 1.165) is 47.1 Å². The Morgan fingerprint density at radius 2 is 2.00 bits per heavy atom. The Labute approximate surface area is 132 Å². The minimum absolute atomic E-state index is 0.257. The van der Waals surface area contributed by atoms with Crippen LogP contribution in [0.25, 0.3) is 11.3 Å². The number of halogens is 1. The molecule has 0 unspecified atom stereocenters. The van der Waals surface area contributed by atoms with Crippen LogP contribution in [-0.2, 0) is 13.0 Å². The number of fused-ring (bicyclic) bond motifs is 1. The Morgan fingerprint density at radius 1 is 1.17 bits per heavy atom. The van der Waals surface area contributed by atoms with Gasteiger partial charge in [-0.25, -0.2) is 14.4 Å². The summed E-state index contributed by atoms with van der Waals surface area (Å²) in [7, 11) is 0. The van der Waals surface area contributed by atoms with Crippen molar-refractivity contribution in [1.82, 2.24) is 15.1 Å². The van der Waals surface area contributed by atoms with Gasteiger partial charge >= 0.3 is 0 Å². The second kappa shape index (κ2) is 5.46. The van der Waals surface area contributed by atoms with Gasteiger partial charge in [0.15, 0.2) is 5.76 Å². The number of aromatic nitrogens is 3. The van der Waals surface area contributed by atoms with Gasteiger partial charge in [0.25, 0.3) is 0 Å². The van der Waals surface area contributed by atoms with Gasteiger partial charge < -0.3 is 9.42 Å². The number of aryl methyl sites for hydroxylation is 1. The van der Waals surface area contributed by atoms with Crippen molar-refractivity contribution in [1.29, 1.82) is 0 Å². The van der Waals surface area contributed by atoms with E-state index in [4.69, 9.17) is 4.52 Å². The summed E-state index contributed by atoms with van der Waals surface area (Å²) in [5.74, 6) is 1.38. The van der Waals surface area contributed by atoms with Crippen LogP contribution >= 0.6 is 0 Å². The summed E-state index contributed by atoms with van der Waals surface area (Å²) in [5, 5.41) is 4.20. The molecular formula is C17H15FN4O. The lowest BCUT2D eigenvalue weighted by atomic mass is 10.0. The highest BCUT2D eigenvalue weighted by atomic mass is 19.1. The lowest BCUT2D eigenvalue weighted by Gasteiger charge is -2.27. The molecule has 0 fully saturated rings. The number of nitrogens with zero attached hydrogens (tertiary/aromatic N) is 4. The van der Waals surface area contributed by atoms with Crippen LogP contribution in [-0.4, -0.2) is 21.7 Å². The normalized spacial score (nSPS) is 13.9. The van der Waals surface area contributed by atoms with Crippen LogP contribution < -0.4 is 4.90 Å². The quantitative estimate of drug-likeness (QED) is 0.728. The lowest BCUT2D eigenvalue weighted by Crippen LogP contribution is -2.31. The molecule has 1 aliphatic rings. The van der Waals surface area contributed by atoms with Gasteiger partial charge in [-0.2, -0.15) is 0 Å². The van der Waals surface area contributed by atoms with Gasteiger partial charge in [0.05, 0.1) is 6.54 Å². The Morgan fingerprint density at radius 3 is 2.78 bits per heavy atom. The van der Waals surface area contributed by atoms with E-state index in [2.05, 4.69) is 20.0 Å². The molecule has 116 valence electrons. The number of hydrogen-bond acceptors (Lipinski definition) is 5. The summed E-state index contributed by atoms with van der Waals surface area (Å²) < 4.78 is 18.6. The molecule has 3 heterocycles. The highest BCUT2D eigenvalue weighted by Gasteiger charge is 2.25. The molecule has 0 N–H and O–H groups in total. The Hall–Kier alpha value is -2.76. The molecule has 0 saturated carbocycles.